The number of fused-ring (bicyclic) bond motifs is 1. The van der Waals surface area contributed by atoms with E-state index in [2.05, 4.69) is 10.4 Å². The first-order valence-corrected chi connectivity index (χ1v) is 11.4. The Balaban J connectivity index is 1.26. The molecule has 0 saturated carbocycles. The van der Waals surface area contributed by atoms with Crippen molar-refractivity contribution in [2.24, 2.45) is 0 Å². The zero-order valence-corrected chi connectivity index (χ0v) is 19.9. The molecule has 4 rings (SSSR count). The van der Waals surface area contributed by atoms with Crippen LogP contribution in [-0.2, 0) is 22.5 Å². The first kappa shape index (κ1) is 23.6. The van der Waals surface area contributed by atoms with Gasteiger partial charge >= 0.3 is 5.97 Å². The standard InChI is InChI=1S/C25H26ClN3O5/c1-16-3-5-19(6-4-16)14-29-24(26)23(17(2)28-29)25(31)34-15-22(30)27-10-9-18-7-8-20-21(13-18)33-12-11-32-20/h3-8,13H,9-12,14-15H2,1-2H3,(H,27,30). The number of benzene rings is 2. The molecule has 0 fully saturated rings. The van der Waals surface area contributed by atoms with Crippen LogP contribution in [0, 0.1) is 13.8 Å². The molecule has 3 aromatic rings. The largest absolute Gasteiger partial charge is 0.486 e. The van der Waals surface area contributed by atoms with Gasteiger partial charge in [-0.1, -0.05) is 47.5 Å². The average molecular weight is 484 g/mol. The van der Waals surface area contributed by atoms with Crippen LogP contribution < -0.4 is 14.8 Å². The molecule has 178 valence electrons. The summed E-state index contributed by atoms with van der Waals surface area (Å²) < 4.78 is 17.8. The number of halogens is 1. The highest BCUT2D eigenvalue weighted by atomic mass is 35.5. The van der Waals surface area contributed by atoms with Crippen LogP contribution >= 0.6 is 11.6 Å². The van der Waals surface area contributed by atoms with E-state index < -0.39 is 18.5 Å². The number of hydrogen-bond acceptors (Lipinski definition) is 6. The number of aryl methyl sites for hydroxylation is 2. The van der Waals surface area contributed by atoms with E-state index in [1.54, 1.807) is 11.6 Å². The molecule has 1 N–H and O–H groups in total. The quantitative estimate of drug-likeness (QED) is 0.493. The molecule has 1 aliphatic heterocycles. The van der Waals surface area contributed by atoms with Gasteiger partial charge in [-0.15, -0.1) is 0 Å². The van der Waals surface area contributed by atoms with Crippen molar-refractivity contribution in [3.8, 4) is 11.5 Å². The summed E-state index contributed by atoms with van der Waals surface area (Å²) in [6.45, 7) is 5.17. The smallest absolute Gasteiger partial charge is 0.343 e. The summed E-state index contributed by atoms with van der Waals surface area (Å²) in [7, 11) is 0. The van der Waals surface area contributed by atoms with Gasteiger partial charge < -0.3 is 19.5 Å². The maximum Gasteiger partial charge on any atom is 0.343 e. The minimum Gasteiger partial charge on any atom is -0.486 e. The number of hydrogen-bond donors (Lipinski definition) is 1. The van der Waals surface area contributed by atoms with Crippen molar-refractivity contribution >= 4 is 23.5 Å². The molecule has 0 radical (unpaired) electrons. The highest BCUT2D eigenvalue weighted by molar-refractivity contribution is 6.32. The van der Waals surface area contributed by atoms with Crippen molar-refractivity contribution in [2.75, 3.05) is 26.4 Å². The zero-order chi connectivity index (χ0) is 24.1. The van der Waals surface area contributed by atoms with Gasteiger partial charge in [0, 0.05) is 6.54 Å². The summed E-state index contributed by atoms with van der Waals surface area (Å²) in [4.78, 5) is 24.7. The summed E-state index contributed by atoms with van der Waals surface area (Å²) in [6.07, 6.45) is 0.604. The van der Waals surface area contributed by atoms with Crippen LogP contribution in [0.4, 0.5) is 0 Å². The molecule has 0 saturated heterocycles. The van der Waals surface area contributed by atoms with Gasteiger partial charge in [0.25, 0.3) is 5.91 Å². The first-order chi connectivity index (χ1) is 16.4. The van der Waals surface area contributed by atoms with Crippen molar-refractivity contribution in [1.82, 2.24) is 15.1 Å². The number of aromatic nitrogens is 2. The minimum atomic E-state index is -0.681. The van der Waals surface area contributed by atoms with Crippen molar-refractivity contribution in [1.29, 1.82) is 0 Å². The number of rotatable bonds is 8. The minimum absolute atomic E-state index is 0.165. The second-order valence-electron chi connectivity index (χ2n) is 8.05. The molecular formula is C25H26ClN3O5. The van der Waals surface area contributed by atoms with E-state index in [0.717, 1.165) is 22.4 Å². The Morgan fingerprint density at radius 2 is 1.76 bits per heavy atom. The first-order valence-electron chi connectivity index (χ1n) is 11.0. The number of nitrogens with one attached hydrogen (secondary N) is 1. The van der Waals surface area contributed by atoms with E-state index in [0.29, 0.717) is 44.2 Å². The summed E-state index contributed by atoms with van der Waals surface area (Å²) in [5, 5.41) is 7.28. The summed E-state index contributed by atoms with van der Waals surface area (Å²) >= 11 is 6.40. The lowest BCUT2D eigenvalue weighted by Crippen LogP contribution is -2.30. The molecule has 9 heteroatoms. The Labute approximate surface area is 202 Å². The Kier molecular flexibility index (Phi) is 7.37. The maximum absolute atomic E-state index is 12.6. The summed E-state index contributed by atoms with van der Waals surface area (Å²) in [5.41, 5.74) is 3.77. The highest BCUT2D eigenvalue weighted by Gasteiger charge is 2.22. The third kappa shape index (κ3) is 5.69. The van der Waals surface area contributed by atoms with Gasteiger partial charge in [-0.3, -0.25) is 4.79 Å². The lowest BCUT2D eigenvalue weighted by Gasteiger charge is -2.18. The van der Waals surface area contributed by atoms with Crippen LogP contribution in [0.5, 0.6) is 11.5 Å². The van der Waals surface area contributed by atoms with Crippen molar-refractivity contribution in [3.05, 3.63) is 75.6 Å². The monoisotopic (exact) mass is 483 g/mol. The Morgan fingerprint density at radius 1 is 1.06 bits per heavy atom. The second kappa shape index (κ2) is 10.6. The van der Waals surface area contributed by atoms with Crippen LogP contribution in [-0.4, -0.2) is 48.0 Å². The number of esters is 1. The van der Waals surface area contributed by atoms with Crippen LogP contribution in [0.1, 0.15) is 32.7 Å². The predicted molar refractivity (Wildman–Crippen MR) is 127 cm³/mol. The topological polar surface area (TPSA) is 91.7 Å². The highest BCUT2D eigenvalue weighted by Crippen LogP contribution is 2.30. The number of nitrogens with zero attached hydrogens (tertiary/aromatic N) is 2. The molecule has 1 aliphatic rings. The molecule has 8 nitrogen and oxygen atoms in total. The van der Waals surface area contributed by atoms with E-state index in [9.17, 15) is 9.59 Å². The van der Waals surface area contributed by atoms with E-state index >= 15 is 0 Å². The maximum atomic E-state index is 12.6. The van der Waals surface area contributed by atoms with Gasteiger partial charge in [0.2, 0.25) is 0 Å². The lowest BCUT2D eigenvalue weighted by molar-refractivity contribution is -0.124. The molecule has 34 heavy (non-hydrogen) atoms. The number of carbonyl (C=O) groups excluding carboxylic acids is 2. The molecule has 0 unspecified atom stereocenters. The summed E-state index contributed by atoms with van der Waals surface area (Å²) in [5.74, 6) is 0.354. The van der Waals surface area contributed by atoms with E-state index in [-0.39, 0.29) is 10.7 Å². The Morgan fingerprint density at radius 3 is 2.53 bits per heavy atom. The lowest BCUT2D eigenvalue weighted by atomic mass is 10.1. The number of amides is 1. The normalized spacial score (nSPS) is 12.3. The van der Waals surface area contributed by atoms with Gasteiger partial charge in [-0.25, -0.2) is 9.48 Å². The van der Waals surface area contributed by atoms with Crippen molar-refractivity contribution < 1.29 is 23.8 Å². The van der Waals surface area contributed by atoms with Gasteiger partial charge in [-0.05, 0) is 43.5 Å². The predicted octanol–water partition coefficient (Wildman–Crippen LogP) is 3.49. The van der Waals surface area contributed by atoms with Gasteiger partial charge in [0.15, 0.2) is 18.1 Å². The van der Waals surface area contributed by atoms with Gasteiger partial charge in [-0.2, -0.15) is 5.10 Å². The summed E-state index contributed by atoms with van der Waals surface area (Å²) in [6, 6.07) is 13.7. The fourth-order valence-corrected chi connectivity index (χ4v) is 3.91. The molecule has 2 heterocycles. The Bertz CT molecular complexity index is 1190. The van der Waals surface area contributed by atoms with E-state index in [1.165, 1.54) is 0 Å². The molecule has 0 spiro atoms. The van der Waals surface area contributed by atoms with Crippen LogP contribution in [0.15, 0.2) is 42.5 Å². The fraction of sp³-hybridized carbons (Fsp3) is 0.320. The molecule has 0 aliphatic carbocycles. The molecule has 0 atom stereocenters. The zero-order valence-electron chi connectivity index (χ0n) is 19.1. The third-order valence-corrected chi connectivity index (χ3v) is 5.78. The second-order valence-corrected chi connectivity index (χ2v) is 8.41. The van der Waals surface area contributed by atoms with Crippen molar-refractivity contribution in [3.63, 3.8) is 0 Å². The molecule has 1 amide bonds. The number of carbonyl (C=O) groups is 2. The van der Waals surface area contributed by atoms with Crippen LogP contribution in [0.3, 0.4) is 0 Å². The van der Waals surface area contributed by atoms with Crippen LogP contribution in [0.25, 0.3) is 0 Å². The van der Waals surface area contributed by atoms with E-state index in [1.807, 2.05) is 49.4 Å². The molecule has 1 aromatic heterocycles. The fourth-order valence-electron chi connectivity index (χ4n) is 3.60. The molecular weight excluding hydrogens is 458 g/mol. The number of ether oxygens (including phenoxy) is 3. The Hall–Kier alpha value is -3.52. The van der Waals surface area contributed by atoms with Gasteiger partial charge in [0.1, 0.15) is 23.9 Å². The average Bonchev–Trinajstić information content (AvgIpc) is 3.11. The van der Waals surface area contributed by atoms with Crippen LogP contribution in [0.2, 0.25) is 5.15 Å². The molecule has 0 bridgehead atoms. The third-order valence-electron chi connectivity index (χ3n) is 5.40. The SMILES string of the molecule is Cc1ccc(Cn2nc(C)c(C(=O)OCC(=O)NCCc3ccc4c(c3)OCCO4)c2Cl)cc1. The van der Waals surface area contributed by atoms with Crippen molar-refractivity contribution in [2.45, 2.75) is 26.8 Å². The molecule has 2 aromatic carbocycles. The van der Waals surface area contributed by atoms with E-state index in [4.69, 9.17) is 25.8 Å². The van der Waals surface area contributed by atoms with Gasteiger partial charge in [0.05, 0.1) is 12.2 Å².